The van der Waals surface area contributed by atoms with Gasteiger partial charge in [0.05, 0.1) is 0 Å². The van der Waals surface area contributed by atoms with Crippen LogP contribution >= 0.6 is 11.3 Å². The molecule has 0 saturated carbocycles. The van der Waals surface area contributed by atoms with E-state index < -0.39 is 36.1 Å². The summed E-state index contributed by atoms with van der Waals surface area (Å²) in [5, 5.41) is 3.08. The Kier molecular flexibility index (Phi) is 8.22. The summed E-state index contributed by atoms with van der Waals surface area (Å²) in [6.45, 7) is 1.81. The molecule has 0 unspecified atom stereocenters. The zero-order valence-electron chi connectivity index (χ0n) is 24.1. The number of amides is 3. The van der Waals surface area contributed by atoms with Crippen LogP contribution in [0, 0.1) is 0 Å². The van der Waals surface area contributed by atoms with E-state index in [4.69, 9.17) is 15.2 Å². The van der Waals surface area contributed by atoms with Crippen molar-refractivity contribution in [3.05, 3.63) is 88.6 Å². The van der Waals surface area contributed by atoms with Gasteiger partial charge in [0.15, 0.2) is 28.1 Å². The van der Waals surface area contributed by atoms with Gasteiger partial charge < -0.3 is 20.5 Å². The molecule has 0 saturated heterocycles. The minimum Gasteiger partial charge on any atom is -0.484 e. The summed E-state index contributed by atoms with van der Waals surface area (Å²) in [4.78, 5) is 57.2. The molecule has 44 heavy (non-hydrogen) atoms. The first-order valence-electron chi connectivity index (χ1n) is 14.2. The fourth-order valence-corrected chi connectivity index (χ4v) is 6.10. The maximum Gasteiger partial charge on any atom is 0.281 e. The molecule has 5 heterocycles. The predicted molar refractivity (Wildman–Crippen MR) is 164 cm³/mol. The number of carbonyl (C=O) groups is 3. The number of pyridine rings is 2. The SMILES string of the molecule is C[C@H]1Oc2cccnc2N(CC[C@H]2Oc3cccnc3N(C)C(=O)[C@H]2N)C(=O)[C@H]1NC(=O)c1ncc(Cc2ccccc2)s1. The number of anilines is 2. The molecule has 4 aromatic rings. The van der Waals surface area contributed by atoms with Crippen LogP contribution < -0.4 is 30.3 Å². The molecule has 6 rings (SSSR count). The van der Waals surface area contributed by atoms with Gasteiger partial charge in [0.1, 0.15) is 24.3 Å². The monoisotopic (exact) mass is 613 g/mol. The minimum absolute atomic E-state index is 0.0920. The second kappa shape index (κ2) is 12.4. The summed E-state index contributed by atoms with van der Waals surface area (Å²) in [7, 11) is 1.59. The Labute approximate surface area is 257 Å². The first kappa shape index (κ1) is 29.2. The van der Waals surface area contributed by atoms with Crippen LogP contribution in [0.5, 0.6) is 11.5 Å². The fourth-order valence-electron chi connectivity index (χ4n) is 5.25. The van der Waals surface area contributed by atoms with E-state index in [1.54, 1.807) is 56.8 Å². The highest BCUT2D eigenvalue weighted by molar-refractivity contribution is 7.13. The van der Waals surface area contributed by atoms with Crippen LogP contribution in [0.4, 0.5) is 11.6 Å². The number of benzene rings is 1. The molecule has 3 aromatic heterocycles. The van der Waals surface area contributed by atoms with Crippen molar-refractivity contribution in [2.75, 3.05) is 23.4 Å². The molecule has 226 valence electrons. The summed E-state index contributed by atoms with van der Waals surface area (Å²) in [6, 6.07) is 14.7. The van der Waals surface area contributed by atoms with Crippen LogP contribution in [-0.2, 0) is 16.0 Å². The van der Waals surface area contributed by atoms with Crippen molar-refractivity contribution < 1.29 is 23.9 Å². The normalized spacial score (nSPS) is 21.3. The van der Waals surface area contributed by atoms with Crippen LogP contribution in [0.25, 0.3) is 0 Å². The van der Waals surface area contributed by atoms with Crippen LogP contribution in [-0.4, -0.2) is 70.6 Å². The highest BCUT2D eigenvalue weighted by atomic mass is 32.1. The Bertz CT molecular complexity index is 1680. The quantitative estimate of drug-likeness (QED) is 0.320. The molecular weight excluding hydrogens is 582 g/mol. The van der Waals surface area contributed by atoms with Gasteiger partial charge in [-0.25, -0.2) is 15.0 Å². The van der Waals surface area contributed by atoms with Crippen LogP contribution in [0.15, 0.2) is 73.2 Å². The van der Waals surface area contributed by atoms with Crippen molar-refractivity contribution >= 4 is 40.7 Å². The molecular formula is C31H31N7O5S. The van der Waals surface area contributed by atoms with E-state index in [0.29, 0.717) is 29.6 Å². The van der Waals surface area contributed by atoms with Gasteiger partial charge in [-0.2, -0.15) is 0 Å². The number of rotatable bonds is 7. The molecule has 3 N–H and O–H groups in total. The zero-order valence-corrected chi connectivity index (χ0v) is 24.9. The van der Waals surface area contributed by atoms with Gasteiger partial charge >= 0.3 is 0 Å². The highest BCUT2D eigenvalue weighted by Crippen LogP contribution is 2.33. The van der Waals surface area contributed by atoms with Crippen molar-refractivity contribution in [3.63, 3.8) is 0 Å². The van der Waals surface area contributed by atoms with E-state index in [9.17, 15) is 14.4 Å². The summed E-state index contributed by atoms with van der Waals surface area (Å²) in [6.07, 6.45) is 4.17. The van der Waals surface area contributed by atoms with Gasteiger partial charge in [-0.15, -0.1) is 11.3 Å². The van der Waals surface area contributed by atoms with Gasteiger partial charge in [-0.3, -0.25) is 24.2 Å². The molecule has 13 heteroatoms. The molecule has 2 aliphatic heterocycles. The van der Waals surface area contributed by atoms with Crippen LogP contribution in [0.2, 0.25) is 0 Å². The number of hydrogen-bond acceptors (Lipinski definition) is 10. The lowest BCUT2D eigenvalue weighted by molar-refractivity contribution is -0.122. The third-order valence-electron chi connectivity index (χ3n) is 7.58. The standard InChI is InChI=1S/C31H31N7O5S/c1-18-25(36-28(39)29-35-17-20(44-29)16-19-8-4-3-5-9-19)31(41)38(27-23(42-18)11-7-14-34-27)15-12-21-24(32)30(40)37(2)26-22(43-21)10-6-13-33-26/h3-11,13-14,17-18,21,24-25H,12,15-16,32H2,1-2H3,(H,36,39)/t18-,21-,24+,25+/m1/s1. The molecule has 1 aromatic carbocycles. The molecule has 2 aliphatic rings. The Balaban J connectivity index is 1.21. The first-order chi connectivity index (χ1) is 21.3. The average Bonchev–Trinajstić information content (AvgIpc) is 3.45. The van der Waals surface area contributed by atoms with Crippen LogP contribution in [0.1, 0.15) is 33.6 Å². The number of carbonyl (C=O) groups excluding carboxylic acids is 3. The number of nitrogens with one attached hydrogen (secondary N) is 1. The maximum absolute atomic E-state index is 14.1. The summed E-state index contributed by atoms with van der Waals surface area (Å²) in [5.41, 5.74) is 7.45. The minimum atomic E-state index is -1.04. The molecule has 3 amide bonds. The molecule has 0 spiro atoms. The maximum atomic E-state index is 14.1. The number of thiazole rings is 1. The number of nitrogens with zero attached hydrogens (tertiary/aromatic N) is 5. The molecule has 0 aliphatic carbocycles. The van der Waals surface area contributed by atoms with Gasteiger partial charge in [0, 0.05) is 49.9 Å². The second-order valence-electron chi connectivity index (χ2n) is 10.6. The molecule has 0 radical (unpaired) electrons. The summed E-state index contributed by atoms with van der Waals surface area (Å²) in [5.74, 6) is 0.219. The van der Waals surface area contributed by atoms with Gasteiger partial charge in [0.25, 0.3) is 11.8 Å². The Morgan fingerprint density at radius 2 is 1.66 bits per heavy atom. The fraction of sp³-hybridized carbons (Fsp3) is 0.290. The van der Waals surface area contributed by atoms with Crippen molar-refractivity contribution in [2.45, 2.75) is 44.1 Å². The van der Waals surface area contributed by atoms with E-state index in [1.807, 2.05) is 30.3 Å². The van der Waals surface area contributed by atoms with Gasteiger partial charge in [-0.05, 0) is 36.8 Å². The predicted octanol–water partition coefficient (Wildman–Crippen LogP) is 2.58. The smallest absolute Gasteiger partial charge is 0.281 e. The zero-order chi connectivity index (χ0) is 30.8. The Hall–Kier alpha value is -4.88. The number of ether oxygens (including phenoxy) is 2. The van der Waals surface area contributed by atoms with Crippen LogP contribution in [0.3, 0.4) is 0 Å². The Morgan fingerprint density at radius 3 is 2.41 bits per heavy atom. The van der Waals surface area contributed by atoms with E-state index in [0.717, 1.165) is 10.4 Å². The van der Waals surface area contributed by atoms with E-state index >= 15 is 0 Å². The molecule has 0 fully saturated rings. The second-order valence-corrected chi connectivity index (χ2v) is 11.7. The number of nitrogens with two attached hydrogens (primary N) is 1. The van der Waals surface area contributed by atoms with Crippen molar-refractivity contribution in [1.82, 2.24) is 20.3 Å². The van der Waals surface area contributed by atoms with Crippen molar-refractivity contribution in [2.24, 2.45) is 5.73 Å². The lowest BCUT2D eigenvalue weighted by Crippen LogP contribution is -2.55. The van der Waals surface area contributed by atoms with Crippen molar-refractivity contribution in [3.8, 4) is 11.5 Å². The summed E-state index contributed by atoms with van der Waals surface area (Å²) >= 11 is 1.27. The number of fused-ring (bicyclic) bond motifs is 2. The lowest BCUT2D eigenvalue weighted by atomic mass is 10.1. The van der Waals surface area contributed by atoms with Gasteiger partial charge in [0.2, 0.25) is 5.91 Å². The molecule has 0 bridgehead atoms. The van der Waals surface area contributed by atoms with Gasteiger partial charge in [-0.1, -0.05) is 30.3 Å². The lowest BCUT2D eigenvalue weighted by Gasteiger charge is -2.28. The number of aromatic nitrogens is 3. The van der Waals surface area contributed by atoms with E-state index in [1.165, 1.54) is 21.1 Å². The molecule has 4 atom stereocenters. The van der Waals surface area contributed by atoms with E-state index in [2.05, 4.69) is 20.3 Å². The first-order valence-corrected chi connectivity index (χ1v) is 15.0. The van der Waals surface area contributed by atoms with E-state index in [-0.39, 0.29) is 23.9 Å². The third kappa shape index (κ3) is 5.83. The Morgan fingerprint density at radius 1 is 0.955 bits per heavy atom. The number of likely N-dealkylation sites (N-methyl/N-ethyl adjacent to an activating group) is 1. The number of hydrogen-bond donors (Lipinski definition) is 2. The largest absolute Gasteiger partial charge is 0.484 e. The topological polar surface area (TPSA) is 153 Å². The van der Waals surface area contributed by atoms with Crippen molar-refractivity contribution in [1.29, 1.82) is 0 Å². The summed E-state index contributed by atoms with van der Waals surface area (Å²) < 4.78 is 12.3. The average molecular weight is 614 g/mol. The molecule has 12 nitrogen and oxygen atoms in total. The third-order valence-corrected chi connectivity index (χ3v) is 8.57. The highest BCUT2D eigenvalue weighted by Gasteiger charge is 2.40.